The molecule has 0 bridgehead atoms. The van der Waals surface area contributed by atoms with E-state index in [2.05, 4.69) is 59.3 Å². The minimum absolute atomic E-state index is 0.536. The highest BCUT2D eigenvalue weighted by atomic mass is 32.1. The second-order valence-corrected chi connectivity index (χ2v) is 8.12. The largest absolute Gasteiger partial charge is 0.376 e. The first-order valence-corrected chi connectivity index (χ1v) is 9.95. The molecule has 1 aromatic carbocycles. The van der Waals surface area contributed by atoms with Crippen LogP contribution in [-0.2, 0) is 19.6 Å². The highest BCUT2D eigenvalue weighted by Crippen LogP contribution is 2.32. The second-order valence-electron chi connectivity index (χ2n) is 7.18. The van der Waals surface area contributed by atoms with Crippen molar-refractivity contribution in [3.63, 3.8) is 0 Å². The van der Waals surface area contributed by atoms with Gasteiger partial charge in [0.15, 0.2) is 0 Å². The van der Waals surface area contributed by atoms with Gasteiger partial charge in [0.05, 0.1) is 11.4 Å². The molecule has 0 spiro atoms. The van der Waals surface area contributed by atoms with Gasteiger partial charge < -0.3 is 9.84 Å². The molecule has 136 valence electrons. The first-order chi connectivity index (χ1) is 12.6. The molecular weight excluding hydrogens is 344 g/mol. The third kappa shape index (κ3) is 3.39. The highest BCUT2D eigenvalue weighted by molar-refractivity contribution is 7.13. The number of fused-ring (bicyclic) bond motifs is 1. The van der Waals surface area contributed by atoms with Crippen LogP contribution < -0.4 is 5.32 Å². The van der Waals surface area contributed by atoms with E-state index in [9.17, 15) is 0 Å². The van der Waals surface area contributed by atoms with E-state index in [0.717, 1.165) is 23.7 Å². The normalized spacial score (nSPS) is 15.4. The molecule has 0 aliphatic carbocycles. The number of rotatable bonds is 6. The summed E-state index contributed by atoms with van der Waals surface area (Å²) in [4.78, 5) is 8.06. The van der Waals surface area contributed by atoms with Crippen molar-refractivity contribution in [2.75, 3.05) is 5.32 Å². The fourth-order valence-electron chi connectivity index (χ4n) is 3.33. The van der Waals surface area contributed by atoms with Crippen molar-refractivity contribution in [2.24, 2.45) is 5.92 Å². The molecule has 2 aromatic heterocycles. The summed E-state index contributed by atoms with van der Waals surface area (Å²) in [5.41, 5.74) is 3.96. The molecule has 1 aliphatic rings. The monoisotopic (exact) mass is 368 g/mol. The second kappa shape index (κ2) is 7.21. The van der Waals surface area contributed by atoms with E-state index in [4.69, 9.17) is 4.52 Å². The summed E-state index contributed by atoms with van der Waals surface area (Å²) < 4.78 is 5.39. The van der Waals surface area contributed by atoms with Crippen molar-refractivity contribution < 1.29 is 4.52 Å². The van der Waals surface area contributed by atoms with Crippen LogP contribution in [0.4, 0.5) is 5.69 Å². The highest BCUT2D eigenvalue weighted by Gasteiger charge is 2.26. The number of thiophene rings is 1. The zero-order chi connectivity index (χ0) is 18.1. The molecule has 5 nitrogen and oxygen atoms in total. The van der Waals surface area contributed by atoms with Crippen LogP contribution in [0, 0.1) is 5.92 Å². The molecule has 0 fully saturated rings. The predicted molar refractivity (Wildman–Crippen MR) is 105 cm³/mol. The molecule has 4 rings (SSSR count). The van der Waals surface area contributed by atoms with Gasteiger partial charge in [-0.3, -0.25) is 4.90 Å². The molecule has 1 aliphatic heterocycles. The van der Waals surface area contributed by atoms with Crippen molar-refractivity contribution in [3.05, 3.63) is 52.7 Å². The smallest absolute Gasteiger partial charge is 0.246 e. The Bertz CT molecular complexity index is 872. The molecule has 26 heavy (non-hydrogen) atoms. The third-order valence-corrected chi connectivity index (χ3v) is 6.05. The third-order valence-electron chi connectivity index (χ3n) is 5.19. The first kappa shape index (κ1) is 17.2. The number of hydrogen-bond acceptors (Lipinski definition) is 6. The topological polar surface area (TPSA) is 54.2 Å². The molecule has 1 atom stereocenters. The number of anilines is 1. The summed E-state index contributed by atoms with van der Waals surface area (Å²) in [5, 5.41) is 9.58. The molecule has 0 saturated heterocycles. The molecule has 0 saturated carbocycles. The Kier molecular flexibility index (Phi) is 4.78. The Balaban J connectivity index is 1.45. The quantitative estimate of drug-likeness (QED) is 0.679. The van der Waals surface area contributed by atoms with Crippen molar-refractivity contribution >= 4 is 17.0 Å². The van der Waals surface area contributed by atoms with E-state index in [1.54, 1.807) is 11.3 Å². The van der Waals surface area contributed by atoms with Crippen LogP contribution in [0.2, 0.25) is 0 Å². The fraction of sp³-hybridized carbons (Fsp3) is 0.400. The molecule has 6 heteroatoms. The SMILES string of the molecule is CC(C)C(C)N1Cc2cccc(NCc3nc(-c4cccs4)no3)c2C1. The van der Waals surface area contributed by atoms with E-state index < -0.39 is 0 Å². The van der Waals surface area contributed by atoms with Crippen LogP contribution in [0.1, 0.15) is 37.8 Å². The lowest BCUT2D eigenvalue weighted by Crippen LogP contribution is -2.32. The van der Waals surface area contributed by atoms with E-state index in [-0.39, 0.29) is 0 Å². The average Bonchev–Trinajstić information content (AvgIpc) is 3.38. The van der Waals surface area contributed by atoms with Crippen molar-refractivity contribution in [2.45, 2.75) is 46.4 Å². The molecule has 3 aromatic rings. The van der Waals surface area contributed by atoms with Gasteiger partial charge in [0.1, 0.15) is 0 Å². The van der Waals surface area contributed by atoms with Gasteiger partial charge in [-0.1, -0.05) is 37.2 Å². The van der Waals surface area contributed by atoms with Crippen molar-refractivity contribution in [1.82, 2.24) is 15.0 Å². The number of hydrogen-bond donors (Lipinski definition) is 1. The summed E-state index contributed by atoms with van der Waals surface area (Å²) in [6, 6.07) is 11.1. The van der Waals surface area contributed by atoms with E-state index in [1.165, 1.54) is 11.1 Å². The van der Waals surface area contributed by atoms with Crippen LogP contribution in [0.3, 0.4) is 0 Å². The maximum atomic E-state index is 5.39. The minimum atomic E-state index is 0.536. The van der Waals surface area contributed by atoms with Gasteiger partial charge >= 0.3 is 0 Å². The minimum Gasteiger partial charge on any atom is -0.376 e. The predicted octanol–water partition coefficient (Wildman–Crippen LogP) is 4.77. The molecular formula is C20H24N4OS. The Morgan fingerprint density at radius 1 is 1.19 bits per heavy atom. The summed E-state index contributed by atoms with van der Waals surface area (Å²) >= 11 is 1.61. The van der Waals surface area contributed by atoms with Gasteiger partial charge in [-0.15, -0.1) is 11.3 Å². The molecule has 3 heterocycles. The lowest BCUT2D eigenvalue weighted by atomic mass is 10.1. The van der Waals surface area contributed by atoms with E-state index in [0.29, 0.717) is 30.2 Å². The molecule has 1 unspecified atom stereocenters. The molecule has 1 N–H and O–H groups in total. The Labute approximate surface area is 158 Å². The van der Waals surface area contributed by atoms with Gasteiger partial charge in [-0.2, -0.15) is 4.98 Å². The van der Waals surface area contributed by atoms with Crippen LogP contribution in [0.5, 0.6) is 0 Å². The van der Waals surface area contributed by atoms with Gasteiger partial charge in [0, 0.05) is 24.8 Å². The Hall–Kier alpha value is -2.18. The Morgan fingerprint density at radius 3 is 2.85 bits per heavy atom. The lowest BCUT2D eigenvalue weighted by molar-refractivity contribution is 0.170. The summed E-state index contributed by atoms with van der Waals surface area (Å²) in [7, 11) is 0. The average molecular weight is 369 g/mol. The van der Waals surface area contributed by atoms with Crippen LogP contribution in [0.15, 0.2) is 40.2 Å². The van der Waals surface area contributed by atoms with Gasteiger partial charge in [0.2, 0.25) is 11.7 Å². The van der Waals surface area contributed by atoms with E-state index in [1.807, 2.05) is 17.5 Å². The van der Waals surface area contributed by atoms with Crippen molar-refractivity contribution in [1.29, 1.82) is 0 Å². The van der Waals surface area contributed by atoms with Gasteiger partial charge in [-0.05, 0) is 41.5 Å². The standard InChI is InChI=1S/C20H24N4OS/c1-13(2)14(3)24-11-15-6-4-7-17(16(15)12-24)21-10-19-22-20(23-25-19)18-8-5-9-26-18/h4-9,13-14,21H,10-12H2,1-3H3. The fourth-order valence-corrected chi connectivity index (χ4v) is 3.98. The number of nitrogens with one attached hydrogen (secondary N) is 1. The van der Waals surface area contributed by atoms with E-state index >= 15 is 0 Å². The van der Waals surface area contributed by atoms with Crippen LogP contribution in [0.25, 0.3) is 10.7 Å². The maximum Gasteiger partial charge on any atom is 0.246 e. The van der Waals surface area contributed by atoms with Crippen molar-refractivity contribution in [3.8, 4) is 10.7 Å². The number of aromatic nitrogens is 2. The zero-order valence-corrected chi connectivity index (χ0v) is 16.2. The Morgan fingerprint density at radius 2 is 2.08 bits per heavy atom. The zero-order valence-electron chi connectivity index (χ0n) is 15.4. The van der Waals surface area contributed by atoms with Gasteiger partial charge in [0.25, 0.3) is 0 Å². The maximum absolute atomic E-state index is 5.39. The number of benzene rings is 1. The van der Waals surface area contributed by atoms with Crippen LogP contribution >= 0.6 is 11.3 Å². The summed E-state index contributed by atoms with van der Waals surface area (Å²) in [5.74, 6) is 1.92. The number of nitrogens with zero attached hydrogens (tertiary/aromatic N) is 3. The summed E-state index contributed by atoms with van der Waals surface area (Å²) in [6.07, 6.45) is 0. The molecule has 0 radical (unpaired) electrons. The lowest BCUT2D eigenvalue weighted by Gasteiger charge is -2.27. The summed E-state index contributed by atoms with van der Waals surface area (Å²) in [6.45, 7) is 9.43. The first-order valence-electron chi connectivity index (χ1n) is 9.07. The van der Waals surface area contributed by atoms with Gasteiger partial charge in [-0.25, -0.2) is 0 Å². The molecule has 0 amide bonds. The van der Waals surface area contributed by atoms with Crippen LogP contribution in [-0.4, -0.2) is 21.1 Å².